The average Bonchev–Trinajstić information content (AvgIpc) is 2.54. The molecule has 2 amide bonds. The standard InChI is InChI=1S/C16H15ClN2O3/c17-14-4-2-1-3-13(14)15(21)9-18-16(22)11-5-7-12(8-6-11)19-10-20/h1-8,10,15,21H,9H2,(H,18,22)(H,19,20). The Morgan fingerprint density at radius 2 is 1.86 bits per heavy atom. The van der Waals surface area contributed by atoms with Gasteiger partial charge in [0, 0.05) is 28.4 Å². The van der Waals surface area contributed by atoms with Gasteiger partial charge in [-0.1, -0.05) is 29.8 Å². The van der Waals surface area contributed by atoms with Crippen LogP contribution in [0.5, 0.6) is 0 Å². The zero-order valence-corrected chi connectivity index (χ0v) is 12.4. The summed E-state index contributed by atoms with van der Waals surface area (Å²) in [6, 6.07) is 13.3. The molecule has 1 atom stereocenters. The van der Waals surface area contributed by atoms with Gasteiger partial charge in [0.05, 0.1) is 6.10 Å². The van der Waals surface area contributed by atoms with Crippen molar-refractivity contribution in [2.45, 2.75) is 6.10 Å². The van der Waals surface area contributed by atoms with Crippen LogP contribution in [-0.2, 0) is 4.79 Å². The Labute approximate surface area is 132 Å². The summed E-state index contributed by atoms with van der Waals surface area (Å²) in [5, 5.41) is 15.6. The molecule has 0 aromatic heterocycles. The number of benzene rings is 2. The van der Waals surface area contributed by atoms with Crippen LogP contribution in [0.25, 0.3) is 0 Å². The summed E-state index contributed by atoms with van der Waals surface area (Å²) in [7, 11) is 0. The Morgan fingerprint density at radius 1 is 1.18 bits per heavy atom. The molecule has 5 nitrogen and oxygen atoms in total. The van der Waals surface area contributed by atoms with Crippen molar-refractivity contribution in [2.75, 3.05) is 11.9 Å². The molecule has 1 unspecified atom stereocenters. The first kappa shape index (κ1) is 16.0. The van der Waals surface area contributed by atoms with Gasteiger partial charge in [0.2, 0.25) is 6.41 Å². The molecule has 0 heterocycles. The van der Waals surface area contributed by atoms with E-state index in [1.54, 1.807) is 48.5 Å². The number of carbonyl (C=O) groups excluding carboxylic acids is 2. The number of hydrogen-bond donors (Lipinski definition) is 3. The van der Waals surface area contributed by atoms with Gasteiger partial charge in [0.1, 0.15) is 0 Å². The van der Waals surface area contributed by atoms with E-state index < -0.39 is 6.10 Å². The maximum absolute atomic E-state index is 12.0. The van der Waals surface area contributed by atoms with Crippen LogP contribution >= 0.6 is 11.6 Å². The first-order chi connectivity index (χ1) is 10.6. The van der Waals surface area contributed by atoms with Crippen molar-refractivity contribution >= 4 is 29.6 Å². The lowest BCUT2D eigenvalue weighted by Crippen LogP contribution is -2.28. The number of nitrogens with one attached hydrogen (secondary N) is 2. The lowest BCUT2D eigenvalue weighted by atomic mass is 10.1. The monoisotopic (exact) mass is 318 g/mol. The predicted molar refractivity (Wildman–Crippen MR) is 84.9 cm³/mol. The van der Waals surface area contributed by atoms with Crippen LogP contribution in [0.1, 0.15) is 22.0 Å². The quantitative estimate of drug-likeness (QED) is 0.715. The number of aliphatic hydroxyl groups is 1. The molecule has 0 radical (unpaired) electrons. The van der Waals surface area contributed by atoms with Crippen molar-refractivity contribution in [2.24, 2.45) is 0 Å². The maximum atomic E-state index is 12.0. The fourth-order valence-electron chi connectivity index (χ4n) is 1.93. The Balaban J connectivity index is 1.94. The van der Waals surface area contributed by atoms with E-state index in [2.05, 4.69) is 10.6 Å². The molecule has 114 valence electrons. The van der Waals surface area contributed by atoms with Gasteiger partial charge in [0.25, 0.3) is 5.91 Å². The summed E-state index contributed by atoms with van der Waals surface area (Å²) < 4.78 is 0. The molecule has 0 bridgehead atoms. The molecule has 0 aliphatic heterocycles. The molecule has 22 heavy (non-hydrogen) atoms. The molecule has 3 N–H and O–H groups in total. The molecule has 0 fully saturated rings. The summed E-state index contributed by atoms with van der Waals surface area (Å²) in [5.74, 6) is -0.316. The van der Waals surface area contributed by atoms with Gasteiger partial charge in [-0.2, -0.15) is 0 Å². The lowest BCUT2D eigenvalue weighted by Gasteiger charge is -2.13. The first-order valence-corrected chi connectivity index (χ1v) is 7.00. The summed E-state index contributed by atoms with van der Waals surface area (Å²) in [6.07, 6.45) is -0.316. The fraction of sp³-hybridized carbons (Fsp3) is 0.125. The SMILES string of the molecule is O=CNc1ccc(C(=O)NCC(O)c2ccccc2Cl)cc1. The highest BCUT2D eigenvalue weighted by Crippen LogP contribution is 2.21. The van der Waals surface area contributed by atoms with Crippen LogP contribution < -0.4 is 10.6 Å². The topological polar surface area (TPSA) is 78.4 Å². The number of aliphatic hydroxyl groups excluding tert-OH is 1. The van der Waals surface area contributed by atoms with Gasteiger partial charge >= 0.3 is 0 Å². The van der Waals surface area contributed by atoms with Crippen molar-refractivity contribution in [3.05, 3.63) is 64.7 Å². The second kappa shape index (κ2) is 7.59. The Kier molecular flexibility index (Phi) is 5.52. The zero-order valence-electron chi connectivity index (χ0n) is 11.6. The van der Waals surface area contributed by atoms with Crippen molar-refractivity contribution in [3.63, 3.8) is 0 Å². The molecule has 2 aromatic carbocycles. The fourth-order valence-corrected chi connectivity index (χ4v) is 2.19. The molecular formula is C16H15ClN2O3. The minimum Gasteiger partial charge on any atom is -0.387 e. The first-order valence-electron chi connectivity index (χ1n) is 6.62. The third kappa shape index (κ3) is 4.07. The van der Waals surface area contributed by atoms with E-state index in [4.69, 9.17) is 11.6 Å². The largest absolute Gasteiger partial charge is 0.387 e. The van der Waals surface area contributed by atoms with E-state index in [1.165, 1.54) is 0 Å². The number of carbonyl (C=O) groups is 2. The van der Waals surface area contributed by atoms with Crippen LogP contribution in [0.4, 0.5) is 5.69 Å². The number of amides is 2. The van der Waals surface area contributed by atoms with Crippen molar-refractivity contribution in [3.8, 4) is 0 Å². The normalized spacial score (nSPS) is 11.5. The van der Waals surface area contributed by atoms with Crippen LogP contribution in [0.3, 0.4) is 0 Å². The number of anilines is 1. The number of halogens is 1. The van der Waals surface area contributed by atoms with Gasteiger partial charge < -0.3 is 15.7 Å². The van der Waals surface area contributed by atoms with E-state index in [0.717, 1.165) is 0 Å². The van der Waals surface area contributed by atoms with Crippen LogP contribution in [0.15, 0.2) is 48.5 Å². The van der Waals surface area contributed by atoms with E-state index in [1.807, 2.05) is 0 Å². The molecule has 2 rings (SSSR count). The number of hydrogen-bond acceptors (Lipinski definition) is 3. The average molecular weight is 319 g/mol. The van der Waals surface area contributed by atoms with Gasteiger partial charge in [-0.15, -0.1) is 0 Å². The van der Waals surface area contributed by atoms with Gasteiger partial charge in [-0.25, -0.2) is 0 Å². The summed E-state index contributed by atoms with van der Waals surface area (Å²) >= 11 is 5.99. The van der Waals surface area contributed by atoms with E-state index in [9.17, 15) is 14.7 Å². The summed E-state index contributed by atoms with van der Waals surface area (Å²) in [4.78, 5) is 22.3. The Bertz CT molecular complexity index is 659. The Morgan fingerprint density at radius 3 is 2.50 bits per heavy atom. The molecule has 0 saturated heterocycles. The third-order valence-corrected chi connectivity index (χ3v) is 3.44. The zero-order chi connectivity index (χ0) is 15.9. The van der Waals surface area contributed by atoms with Gasteiger partial charge in [-0.3, -0.25) is 9.59 Å². The molecule has 0 saturated carbocycles. The number of rotatable bonds is 6. The maximum Gasteiger partial charge on any atom is 0.251 e. The summed E-state index contributed by atoms with van der Waals surface area (Å²) in [5.41, 5.74) is 1.60. The third-order valence-electron chi connectivity index (χ3n) is 3.09. The van der Waals surface area contributed by atoms with E-state index in [0.29, 0.717) is 28.2 Å². The molecule has 0 spiro atoms. The van der Waals surface area contributed by atoms with Crippen molar-refractivity contribution in [1.29, 1.82) is 0 Å². The minimum atomic E-state index is -0.881. The predicted octanol–water partition coefficient (Wildman–Crippen LogP) is 2.37. The van der Waals surface area contributed by atoms with Gasteiger partial charge in [-0.05, 0) is 30.3 Å². The van der Waals surface area contributed by atoms with Crippen molar-refractivity contribution < 1.29 is 14.7 Å². The van der Waals surface area contributed by atoms with Gasteiger partial charge in [0.15, 0.2) is 0 Å². The second-order valence-electron chi connectivity index (χ2n) is 4.59. The highest BCUT2D eigenvalue weighted by Gasteiger charge is 2.13. The van der Waals surface area contributed by atoms with Crippen LogP contribution in [0, 0.1) is 0 Å². The molecule has 0 aliphatic carbocycles. The summed E-state index contributed by atoms with van der Waals surface area (Å²) in [6.45, 7) is 0.0525. The Hall–Kier alpha value is -2.37. The molecule has 2 aromatic rings. The van der Waals surface area contributed by atoms with E-state index in [-0.39, 0.29) is 12.5 Å². The molecule has 0 aliphatic rings. The van der Waals surface area contributed by atoms with Crippen molar-refractivity contribution in [1.82, 2.24) is 5.32 Å². The lowest BCUT2D eigenvalue weighted by molar-refractivity contribution is -0.105. The van der Waals surface area contributed by atoms with Crippen LogP contribution in [0.2, 0.25) is 5.02 Å². The smallest absolute Gasteiger partial charge is 0.251 e. The molecule has 6 heteroatoms. The van der Waals surface area contributed by atoms with E-state index >= 15 is 0 Å². The molecular weight excluding hydrogens is 304 g/mol. The van der Waals surface area contributed by atoms with Crippen LogP contribution in [-0.4, -0.2) is 24.0 Å². The highest BCUT2D eigenvalue weighted by atomic mass is 35.5. The minimum absolute atomic E-state index is 0.0525. The highest BCUT2D eigenvalue weighted by molar-refractivity contribution is 6.31. The second-order valence-corrected chi connectivity index (χ2v) is 4.99.